The third-order valence-corrected chi connectivity index (χ3v) is 3.76. The van der Waals surface area contributed by atoms with Gasteiger partial charge in [0, 0.05) is 18.2 Å². The van der Waals surface area contributed by atoms with E-state index in [4.69, 9.17) is 17.3 Å². The van der Waals surface area contributed by atoms with Crippen LogP contribution < -0.4 is 10.6 Å². The predicted molar refractivity (Wildman–Crippen MR) is 76.9 cm³/mol. The molecular formula is C14H15ClN4. The topological polar surface area (TPSA) is 55.0 Å². The number of anilines is 2. The van der Waals surface area contributed by atoms with Gasteiger partial charge in [0.25, 0.3) is 0 Å². The summed E-state index contributed by atoms with van der Waals surface area (Å²) in [5.41, 5.74) is 8.20. The Kier molecular flexibility index (Phi) is 3.36. The lowest BCUT2D eigenvalue weighted by molar-refractivity contribution is 0.667. The highest BCUT2D eigenvalue weighted by Crippen LogP contribution is 2.42. The molecule has 1 aromatic heterocycles. The first-order valence-electron chi connectivity index (χ1n) is 6.33. The minimum absolute atomic E-state index is 0.437. The van der Waals surface area contributed by atoms with Gasteiger partial charge in [-0.05, 0) is 24.6 Å². The van der Waals surface area contributed by atoms with Crippen molar-refractivity contribution >= 4 is 23.1 Å². The van der Waals surface area contributed by atoms with Crippen molar-refractivity contribution in [3.05, 3.63) is 47.4 Å². The maximum atomic E-state index is 6.20. The molecule has 0 aliphatic carbocycles. The number of para-hydroxylation sites is 1. The molecule has 0 saturated carbocycles. The lowest BCUT2D eigenvalue weighted by Crippen LogP contribution is -2.18. The summed E-state index contributed by atoms with van der Waals surface area (Å²) in [7, 11) is 0. The average Bonchev–Trinajstić information content (AvgIpc) is 2.79. The van der Waals surface area contributed by atoms with Gasteiger partial charge in [0.1, 0.15) is 11.3 Å². The van der Waals surface area contributed by atoms with Crippen LogP contribution >= 0.6 is 11.6 Å². The standard InChI is InChI=1S/C14H15ClN4/c15-12-7-17-9-18-14(12)19-8-10(5-6-16)11-3-1-2-4-13(11)19/h1-4,7,9-10H,5-6,8,16H2. The fourth-order valence-electron chi connectivity index (χ4n) is 2.65. The van der Waals surface area contributed by atoms with Gasteiger partial charge in [0.05, 0.1) is 6.20 Å². The molecule has 0 radical (unpaired) electrons. The predicted octanol–water partition coefficient (Wildman–Crippen LogP) is 2.71. The summed E-state index contributed by atoms with van der Waals surface area (Å²) in [6.07, 6.45) is 4.12. The number of benzene rings is 1. The number of halogens is 1. The van der Waals surface area contributed by atoms with E-state index in [2.05, 4.69) is 33.1 Å². The van der Waals surface area contributed by atoms with Crippen LogP contribution in [0.4, 0.5) is 11.5 Å². The minimum atomic E-state index is 0.437. The molecule has 2 heterocycles. The second kappa shape index (κ2) is 5.15. The van der Waals surface area contributed by atoms with E-state index in [1.807, 2.05) is 6.07 Å². The first kappa shape index (κ1) is 12.4. The molecule has 0 bridgehead atoms. The van der Waals surface area contributed by atoms with E-state index in [1.54, 1.807) is 6.20 Å². The maximum Gasteiger partial charge on any atom is 0.155 e. The van der Waals surface area contributed by atoms with Gasteiger partial charge in [-0.2, -0.15) is 0 Å². The van der Waals surface area contributed by atoms with E-state index in [9.17, 15) is 0 Å². The molecule has 0 fully saturated rings. The Labute approximate surface area is 117 Å². The fraction of sp³-hybridized carbons (Fsp3) is 0.286. The van der Waals surface area contributed by atoms with Gasteiger partial charge in [-0.15, -0.1) is 0 Å². The van der Waals surface area contributed by atoms with Crippen molar-refractivity contribution in [3.63, 3.8) is 0 Å². The normalized spacial score (nSPS) is 17.6. The molecule has 0 saturated heterocycles. The Balaban J connectivity index is 2.03. The first-order chi connectivity index (χ1) is 9.31. The quantitative estimate of drug-likeness (QED) is 0.935. The number of aromatic nitrogens is 2. The van der Waals surface area contributed by atoms with Crippen molar-refractivity contribution in [1.82, 2.24) is 9.97 Å². The zero-order valence-corrected chi connectivity index (χ0v) is 11.2. The van der Waals surface area contributed by atoms with Gasteiger partial charge in [-0.3, -0.25) is 0 Å². The van der Waals surface area contributed by atoms with Crippen LogP contribution in [0.15, 0.2) is 36.8 Å². The van der Waals surface area contributed by atoms with Gasteiger partial charge in [0.2, 0.25) is 0 Å². The number of hydrogen-bond acceptors (Lipinski definition) is 4. The van der Waals surface area contributed by atoms with Crippen LogP contribution in [0.1, 0.15) is 17.9 Å². The Morgan fingerprint density at radius 2 is 2.21 bits per heavy atom. The van der Waals surface area contributed by atoms with Crippen LogP contribution in [0.2, 0.25) is 5.02 Å². The van der Waals surface area contributed by atoms with Crippen molar-refractivity contribution in [2.45, 2.75) is 12.3 Å². The molecule has 19 heavy (non-hydrogen) atoms. The van der Waals surface area contributed by atoms with Crippen molar-refractivity contribution in [2.75, 3.05) is 18.0 Å². The molecule has 4 nitrogen and oxygen atoms in total. The number of nitrogens with zero attached hydrogens (tertiary/aromatic N) is 3. The number of fused-ring (bicyclic) bond motifs is 1. The highest BCUT2D eigenvalue weighted by atomic mass is 35.5. The maximum absolute atomic E-state index is 6.20. The Hall–Kier alpha value is -1.65. The van der Waals surface area contributed by atoms with Gasteiger partial charge in [0.15, 0.2) is 5.82 Å². The van der Waals surface area contributed by atoms with E-state index in [0.717, 1.165) is 18.8 Å². The lowest BCUT2D eigenvalue weighted by atomic mass is 9.98. The molecule has 2 aromatic rings. The van der Waals surface area contributed by atoms with Gasteiger partial charge in [-0.1, -0.05) is 29.8 Å². The van der Waals surface area contributed by atoms with E-state index in [0.29, 0.717) is 17.5 Å². The molecule has 1 aliphatic heterocycles. The van der Waals surface area contributed by atoms with Crippen LogP contribution in [0.25, 0.3) is 0 Å². The lowest BCUT2D eigenvalue weighted by Gasteiger charge is -2.19. The molecule has 0 amide bonds. The molecule has 5 heteroatoms. The average molecular weight is 275 g/mol. The molecule has 98 valence electrons. The number of nitrogens with two attached hydrogens (primary N) is 1. The highest BCUT2D eigenvalue weighted by Gasteiger charge is 2.30. The summed E-state index contributed by atoms with van der Waals surface area (Å²) in [6.45, 7) is 1.55. The summed E-state index contributed by atoms with van der Waals surface area (Å²) < 4.78 is 0. The van der Waals surface area contributed by atoms with E-state index in [1.165, 1.54) is 17.6 Å². The molecular weight excluding hydrogens is 260 g/mol. The molecule has 1 aromatic carbocycles. The summed E-state index contributed by atoms with van der Waals surface area (Å²) in [5.74, 6) is 1.20. The number of hydrogen-bond donors (Lipinski definition) is 1. The minimum Gasteiger partial charge on any atom is -0.330 e. The zero-order chi connectivity index (χ0) is 13.2. The van der Waals surface area contributed by atoms with E-state index in [-0.39, 0.29) is 0 Å². The van der Waals surface area contributed by atoms with E-state index >= 15 is 0 Å². The molecule has 1 aliphatic rings. The van der Waals surface area contributed by atoms with Crippen LogP contribution in [-0.4, -0.2) is 23.1 Å². The molecule has 1 unspecified atom stereocenters. The zero-order valence-electron chi connectivity index (χ0n) is 10.5. The number of rotatable bonds is 3. The second-order valence-corrected chi connectivity index (χ2v) is 5.05. The monoisotopic (exact) mass is 274 g/mol. The fourth-order valence-corrected chi connectivity index (χ4v) is 2.86. The Morgan fingerprint density at radius 3 is 3.00 bits per heavy atom. The summed E-state index contributed by atoms with van der Waals surface area (Å²) in [5, 5.41) is 0.575. The Morgan fingerprint density at radius 1 is 1.37 bits per heavy atom. The molecule has 3 rings (SSSR count). The van der Waals surface area contributed by atoms with Crippen LogP contribution in [-0.2, 0) is 0 Å². The smallest absolute Gasteiger partial charge is 0.155 e. The largest absolute Gasteiger partial charge is 0.330 e. The Bertz CT molecular complexity index is 587. The third-order valence-electron chi connectivity index (χ3n) is 3.49. The van der Waals surface area contributed by atoms with Crippen LogP contribution in [0.5, 0.6) is 0 Å². The highest BCUT2D eigenvalue weighted by molar-refractivity contribution is 6.33. The van der Waals surface area contributed by atoms with E-state index < -0.39 is 0 Å². The molecule has 0 spiro atoms. The van der Waals surface area contributed by atoms with Gasteiger partial charge >= 0.3 is 0 Å². The molecule has 2 N–H and O–H groups in total. The van der Waals surface area contributed by atoms with Crippen molar-refractivity contribution in [2.24, 2.45) is 5.73 Å². The van der Waals surface area contributed by atoms with Crippen LogP contribution in [0, 0.1) is 0 Å². The second-order valence-electron chi connectivity index (χ2n) is 4.64. The third kappa shape index (κ3) is 2.17. The summed E-state index contributed by atoms with van der Waals surface area (Å²) in [4.78, 5) is 10.4. The van der Waals surface area contributed by atoms with Crippen LogP contribution in [0.3, 0.4) is 0 Å². The summed E-state index contributed by atoms with van der Waals surface area (Å²) >= 11 is 6.20. The first-order valence-corrected chi connectivity index (χ1v) is 6.71. The summed E-state index contributed by atoms with van der Waals surface area (Å²) in [6, 6.07) is 8.36. The van der Waals surface area contributed by atoms with Gasteiger partial charge < -0.3 is 10.6 Å². The van der Waals surface area contributed by atoms with Crippen molar-refractivity contribution in [3.8, 4) is 0 Å². The van der Waals surface area contributed by atoms with Crippen molar-refractivity contribution in [1.29, 1.82) is 0 Å². The van der Waals surface area contributed by atoms with Gasteiger partial charge in [-0.25, -0.2) is 9.97 Å². The van der Waals surface area contributed by atoms with Crippen molar-refractivity contribution < 1.29 is 0 Å². The SMILES string of the molecule is NCCC1CN(c2ncncc2Cl)c2ccccc21. The molecule has 1 atom stereocenters.